The minimum absolute atomic E-state index is 0.256. The monoisotopic (exact) mass is 284 g/mol. The second kappa shape index (κ2) is 5.66. The third kappa shape index (κ3) is 2.81. The summed E-state index contributed by atoms with van der Waals surface area (Å²) in [6.07, 6.45) is 4.45. The third-order valence-corrected chi connectivity index (χ3v) is 3.73. The molecule has 3 nitrogen and oxygen atoms in total. The van der Waals surface area contributed by atoms with E-state index < -0.39 is 6.10 Å². The van der Waals surface area contributed by atoms with Gasteiger partial charge in [0.1, 0.15) is 5.82 Å². The summed E-state index contributed by atoms with van der Waals surface area (Å²) in [6.45, 7) is 0. The Morgan fingerprint density at radius 3 is 2.67 bits per heavy atom. The van der Waals surface area contributed by atoms with E-state index in [4.69, 9.17) is 0 Å². The van der Waals surface area contributed by atoms with E-state index in [0.29, 0.717) is 11.8 Å². The second-order valence-electron chi connectivity index (χ2n) is 5.26. The number of aliphatic hydroxyl groups is 1. The molecule has 0 saturated carbocycles. The zero-order valence-electron chi connectivity index (χ0n) is 11.8. The highest BCUT2D eigenvalue weighted by atomic mass is 19.1. The molecule has 1 aromatic heterocycles. The summed E-state index contributed by atoms with van der Waals surface area (Å²) in [7, 11) is 1.87. The zero-order chi connectivity index (χ0) is 14.8. The first-order valence-corrected chi connectivity index (χ1v) is 6.98. The average molecular weight is 284 g/mol. The van der Waals surface area contributed by atoms with E-state index >= 15 is 0 Å². The molecule has 0 aliphatic carbocycles. The quantitative estimate of drug-likeness (QED) is 0.797. The summed E-state index contributed by atoms with van der Waals surface area (Å²) in [5, 5.41) is 15.9. The number of aryl methyl sites for hydroxylation is 2. The van der Waals surface area contributed by atoms with Crippen molar-refractivity contribution in [2.75, 3.05) is 0 Å². The average Bonchev–Trinajstić information content (AvgIpc) is 2.91. The highest BCUT2D eigenvalue weighted by Crippen LogP contribution is 2.28. The number of fused-ring (bicyclic) bond motifs is 1. The van der Waals surface area contributed by atoms with Gasteiger partial charge in [0, 0.05) is 18.6 Å². The first kappa shape index (κ1) is 13.8. The topological polar surface area (TPSA) is 38.0 Å². The van der Waals surface area contributed by atoms with Crippen molar-refractivity contribution in [2.24, 2.45) is 7.05 Å². The Morgan fingerprint density at radius 1 is 1.19 bits per heavy atom. The zero-order valence-corrected chi connectivity index (χ0v) is 11.8. The molecule has 1 N–H and O–H groups in total. The van der Waals surface area contributed by atoms with Gasteiger partial charge in [-0.05, 0) is 35.4 Å². The number of nitrogens with zero attached hydrogens (tertiary/aromatic N) is 2. The molecule has 0 bridgehead atoms. The number of hydrogen-bond acceptors (Lipinski definition) is 2. The predicted octanol–water partition coefficient (Wildman–Crippen LogP) is 3.38. The largest absolute Gasteiger partial charge is 0.388 e. The van der Waals surface area contributed by atoms with Crippen molar-refractivity contribution < 1.29 is 9.50 Å². The van der Waals surface area contributed by atoms with Gasteiger partial charge in [0.25, 0.3) is 0 Å². The van der Waals surface area contributed by atoms with Gasteiger partial charge in [-0.15, -0.1) is 0 Å². The van der Waals surface area contributed by atoms with Gasteiger partial charge < -0.3 is 5.11 Å². The van der Waals surface area contributed by atoms with Crippen LogP contribution in [-0.4, -0.2) is 14.9 Å². The first-order valence-electron chi connectivity index (χ1n) is 6.98. The summed E-state index contributed by atoms with van der Waals surface area (Å²) >= 11 is 0. The van der Waals surface area contributed by atoms with E-state index in [0.717, 1.165) is 22.9 Å². The van der Waals surface area contributed by atoms with Crippen LogP contribution in [0.4, 0.5) is 4.39 Å². The van der Waals surface area contributed by atoms with Crippen LogP contribution in [0, 0.1) is 5.82 Å². The van der Waals surface area contributed by atoms with E-state index in [-0.39, 0.29) is 5.82 Å². The van der Waals surface area contributed by atoms with E-state index in [1.54, 1.807) is 29.1 Å². The van der Waals surface area contributed by atoms with Crippen molar-refractivity contribution in [2.45, 2.75) is 18.9 Å². The molecule has 3 rings (SSSR count). The number of halogens is 1. The maximum Gasteiger partial charge on any atom is 0.131 e. The third-order valence-electron chi connectivity index (χ3n) is 3.73. The SMILES string of the molecule is Cn1cc(CCC(O)c2ccc(F)c3ccccc23)cn1. The number of rotatable bonds is 4. The van der Waals surface area contributed by atoms with Crippen LogP contribution < -0.4 is 0 Å². The number of aromatic nitrogens is 2. The fourth-order valence-electron chi connectivity index (χ4n) is 2.64. The van der Waals surface area contributed by atoms with Gasteiger partial charge in [0.05, 0.1) is 12.3 Å². The molecule has 1 heterocycles. The lowest BCUT2D eigenvalue weighted by molar-refractivity contribution is 0.169. The maximum absolute atomic E-state index is 13.8. The van der Waals surface area contributed by atoms with E-state index in [9.17, 15) is 9.50 Å². The molecular weight excluding hydrogens is 267 g/mol. The van der Waals surface area contributed by atoms with Gasteiger partial charge in [-0.1, -0.05) is 30.3 Å². The van der Waals surface area contributed by atoms with Gasteiger partial charge in [-0.3, -0.25) is 4.68 Å². The van der Waals surface area contributed by atoms with Gasteiger partial charge >= 0.3 is 0 Å². The molecule has 108 valence electrons. The Labute approximate surface area is 122 Å². The summed E-state index contributed by atoms with van der Waals surface area (Å²) in [5.41, 5.74) is 1.86. The highest BCUT2D eigenvalue weighted by Gasteiger charge is 2.13. The van der Waals surface area contributed by atoms with Crippen molar-refractivity contribution >= 4 is 10.8 Å². The summed E-state index contributed by atoms with van der Waals surface area (Å²) in [6, 6.07) is 10.3. The molecule has 0 aliphatic heterocycles. The van der Waals surface area contributed by atoms with Crippen LogP contribution in [0.3, 0.4) is 0 Å². The predicted molar refractivity (Wildman–Crippen MR) is 80.4 cm³/mol. The molecule has 2 aromatic carbocycles. The van der Waals surface area contributed by atoms with Crippen LogP contribution in [0.5, 0.6) is 0 Å². The van der Waals surface area contributed by atoms with E-state index in [2.05, 4.69) is 5.10 Å². The van der Waals surface area contributed by atoms with Crippen LogP contribution >= 0.6 is 0 Å². The Bertz CT molecular complexity index is 766. The number of aliphatic hydroxyl groups excluding tert-OH is 1. The molecule has 0 aliphatic rings. The summed E-state index contributed by atoms with van der Waals surface area (Å²) in [4.78, 5) is 0. The molecule has 0 saturated heterocycles. The Balaban J connectivity index is 1.84. The highest BCUT2D eigenvalue weighted by molar-refractivity contribution is 5.86. The van der Waals surface area contributed by atoms with Crippen molar-refractivity contribution in [1.29, 1.82) is 0 Å². The molecule has 21 heavy (non-hydrogen) atoms. The lowest BCUT2D eigenvalue weighted by Gasteiger charge is -2.14. The number of benzene rings is 2. The van der Waals surface area contributed by atoms with E-state index in [1.807, 2.05) is 25.4 Å². The Morgan fingerprint density at radius 2 is 1.95 bits per heavy atom. The Hall–Kier alpha value is -2.20. The van der Waals surface area contributed by atoms with Crippen molar-refractivity contribution in [3.63, 3.8) is 0 Å². The second-order valence-corrected chi connectivity index (χ2v) is 5.26. The standard InChI is InChI=1S/C17H17FN2O/c1-20-11-12(10-19-20)6-9-17(21)15-7-8-16(18)14-5-3-2-4-13(14)15/h2-5,7-8,10-11,17,21H,6,9H2,1H3. The molecule has 4 heteroatoms. The normalized spacial score (nSPS) is 12.7. The van der Waals surface area contributed by atoms with Crippen molar-refractivity contribution in [1.82, 2.24) is 9.78 Å². The molecular formula is C17H17FN2O. The minimum atomic E-state index is -0.615. The molecule has 1 atom stereocenters. The molecule has 1 unspecified atom stereocenters. The fraction of sp³-hybridized carbons (Fsp3) is 0.235. The van der Waals surface area contributed by atoms with Crippen LogP contribution in [-0.2, 0) is 13.5 Å². The maximum atomic E-state index is 13.8. The smallest absolute Gasteiger partial charge is 0.131 e. The van der Waals surface area contributed by atoms with Gasteiger partial charge in [-0.2, -0.15) is 5.10 Å². The molecule has 0 radical (unpaired) electrons. The van der Waals surface area contributed by atoms with Gasteiger partial charge in [0.15, 0.2) is 0 Å². The fourth-order valence-corrected chi connectivity index (χ4v) is 2.64. The molecule has 3 aromatic rings. The van der Waals surface area contributed by atoms with Gasteiger partial charge in [-0.25, -0.2) is 4.39 Å². The molecule has 0 spiro atoms. The van der Waals surface area contributed by atoms with Gasteiger partial charge in [0.2, 0.25) is 0 Å². The van der Waals surface area contributed by atoms with Crippen molar-refractivity contribution in [3.05, 3.63) is 65.7 Å². The summed E-state index contributed by atoms with van der Waals surface area (Å²) < 4.78 is 15.5. The molecule has 0 amide bonds. The minimum Gasteiger partial charge on any atom is -0.388 e. The van der Waals surface area contributed by atoms with E-state index in [1.165, 1.54) is 6.07 Å². The summed E-state index contributed by atoms with van der Waals surface area (Å²) in [5.74, 6) is -0.256. The van der Waals surface area contributed by atoms with Crippen molar-refractivity contribution in [3.8, 4) is 0 Å². The van der Waals surface area contributed by atoms with Crippen LogP contribution in [0.25, 0.3) is 10.8 Å². The lowest BCUT2D eigenvalue weighted by Crippen LogP contribution is -2.01. The van der Waals surface area contributed by atoms with Crippen LogP contribution in [0.15, 0.2) is 48.8 Å². The Kier molecular flexibility index (Phi) is 3.71. The first-order chi connectivity index (χ1) is 10.1. The van der Waals surface area contributed by atoms with Crippen LogP contribution in [0.2, 0.25) is 0 Å². The lowest BCUT2D eigenvalue weighted by atomic mass is 9.96. The number of hydrogen-bond donors (Lipinski definition) is 1. The molecule has 0 fully saturated rings. The van der Waals surface area contributed by atoms with Crippen LogP contribution in [0.1, 0.15) is 23.7 Å².